The van der Waals surface area contributed by atoms with Gasteiger partial charge in [0, 0.05) is 18.2 Å². The zero-order valence-electron chi connectivity index (χ0n) is 16.2. The number of amides is 1. The molecule has 0 saturated carbocycles. The van der Waals surface area contributed by atoms with Gasteiger partial charge in [-0.3, -0.25) is 9.48 Å². The van der Waals surface area contributed by atoms with Crippen LogP contribution in [-0.4, -0.2) is 28.3 Å². The van der Waals surface area contributed by atoms with E-state index >= 15 is 0 Å². The van der Waals surface area contributed by atoms with E-state index in [2.05, 4.69) is 10.4 Å². The minimum atomic E-state index is -0.487. The fourth-order valence-corrected chi connectivity index (χ4v) is 3.42. The zero-order chi connectivity index (χ0) is 20.5. The van der Waals surface area contributed by atoms with Crippen LogP contribution in [0.1, 0.15) is 16.8 Å². The van der Waals surface area contributed by atoms with Gasteiger partial charge in [0.05, 0.1) is 12.2 Å². The third-order valence-electron chi connectivity index (χ3n) is 4.96. The molecule has 29 heavy (non-hydrogen) atoms. The first-order valence-corrected chi connectivity index (χ1v) is 9.41. The Balaban J connectivity index is 1.41. The van der Waals surface area contributed by atoms with Crippen molar-refractivity contribution >= 4 is 5.91 Å². The minimum Gasteiger partial charge on any atom is -0.485 e. The number of aryl methyl sites for hydroxylation is 2. The fourth-order valence-electron chi connectivity index (χ4n) is 3.42. The van der Waals surface area contributed by atoms with Crippen molar-refractivity contribution < 1.29 is 18.3 Å². The van der Waals surface area contributed by atoms with Crippen molar-refractivity contribution in [2.24, 2.45) is 0 Å². The van der Waals surface area contributed by atoms with E-state index in [-0.39, 0.29) is 36.7 Å². The molecule has 3 aromatic rings. The van der Waals surface area contributed by atoms with Crippen molar-refractivity contribution in [3.63, 3.8) is 0 Å². The highest BCUT2D eigenvalue weighted by atomic mass is 19.1. The molecule has 1 N–H and O–H groups in total. The third-order valence-corrected chi connectivity index (χ3v) is 4.96. The molecule has 0 bridgehead atoms. The van der Waals surface area contributed by atoms with E-state index in [0.29, 0.717) is 28.7 Å². The van der Waals surface area contributed by atoms with Crippen LogP contribution in [-0.2, 0) is 17.8 Å². The summed E-state index contributed by atoms with van der Waals surface area (Å²) in [5.74, 6) is -0.806. The highest BCUT2D eigenvalue weighted by Gasteiger charge is 2.27. The quantitative estimate of drug-likeness (QED) is 0.716. The summed E-state index contributed by atoms with van der Waals surface area (Å²) in [5, 5.41) is 6.97. The van der Waals surface area contributed by atoms with Crippen molar-refractivity contribution in [2.75, 3.05) is 6.54 Å². The molecular weight excluding hydrogens is 376 g/mol. The summed E-state index contributed by atoms with van der Waals surface area (Å²) in [6.07, 6.45) is 1.85. The molecule has 1 aliphatic heterocycles. The number of aromatic nitrogens is 2. The van der Waals surface area contributed by atoms with Gasteiger partial charge in [0.25, 0.3) is 0 Å². The Bertz CT molecular complexity index is 1080. The molecule has 4 rings (SSSR count). The fraction of sp³-hybridized carbons (Fsp3) is 0.273. The maximum Gasteiger partial charge on any atom is 0.241 e. The maximum absolute atomic E-state index is 14.6. The van der Waals surface area contributed by atoms with Crippen molar-refractivity contribution in [3.8, 4) is 16.9 Å². The Morgan fingerprint density at radius 2 is 1.97 bits per heavy atom. The van der Waals surface area contributed by atoms with Crippen LogP contribution >= 0.6 is 0 Å². The molecule has 1 amide bonds. The number of nitrogens with zero attached hydrogens (tertiary/aromatic N) is 2. The number of hydrogen-bond donors (Lipinski definition) is 1. The summed E-state index contributed by atoms with van der Waals surface area (Å²) in [4.78, 5) is 12.1. The van der Waals surface area contributed by atoms with E-state index < -0.39 is 5.82 Å². The Hall–Kier alpha value is -3.22. The first kappa shape index (κ1) is 19.1. The molecule has 5 nitrogen and oxygen atoms in total. The van der Waals surface area contributed by atoms with Crippen LogP contribution in [0.4, 0.5) is 8.78 Å². The Kier molecular flexibility index (Phi) is 5.05. The number of benzene rings is 2. The van der Waals surface area contributed by atoms with E-state index in [4.69, 9.17) is 4.74 Å². The summed E-state index contributed by atoms with van der Waals surface area (Å²) in [6, 6.07) is 9.84. The van der Waals surface area contributed by atoms with Crippen LogP contribution in [0.25, 0.3) is 11.1 Å². The first-order valence-electron chi connectivity index (χ1n) is 9.41. The van der Waals surface area contributed by atoms with Gasteiger partial charge in [0.15, 0.2) is 11.6 Å². The molecule has 150 valence electrons. The molecule has 0 radical (unpaired) electrons. The predicted molar refractivity (Wildman–Crippen MR) is 105 cm³/mol. The van der Waals surface area contributed by atoms with Gasteiger partial charge >= 0.3 is 0 Å². The third kappa shape index (κ3) is 4.13. The van der Waals surface area contributed by atoms with Crippen LogP contribution in [0.15, 0.2) is 42.6 Å². The summed E-state index contributed by atoms with van der Waals surface area (Å²) in [7, 11) is 0. The van der Waals surface area contributed by atoms with Gasteiger partial charge in [0.1, 0.15) is 18.5 Å². The molecule has 0 aliphatic carbocycles. The lowest BCUT2D eigenvalue weighted by molar-refractivity contribution is -0.122. The molecule has 1 atom stereocenters. The number of nitrogens with one attached hydrogen (secondary N) is 1. The minimum absolute atomic E-state index is 0.116. The number of carbonyl (C=O) groups excluding carboxylic acids is 1. The van der Waals surface area contributed by atoms with E-state index in [1.807, 2.05) is 19.1 Å². The summed E-state index contributed by atoms with van der Waals surface area (Å²) in [6.45, 7) is 3.92. The predicted octanol–water partition coefficient (Wildman–Crippen LogP) is 3.57. The zero-order valence-corrected chi connectivity index (χ0v) is 16.2. The number of fused-ring (bicyclic) bond motifs is 1. The van der Waals surface area contributed by atoms with Gasteiger partial charge in [-0.2, -0.15) is 5.10 Å². The van der Waals surface area contributed by atoms with Crippen LogP contribution in [0.5, 0.6) is 5.75 Å². The smallest absolute Gasteiger partial charge is 0.241 e. The van der Waals surface area contributed by atoms with Crippen LogP contribution in [0.2, 0.25) is 0 Å². The lowest BCUT2D eigenvalue weighted by atomic mass is 9.99. The lowest BCUT2D eigenvalue weighted by Gasteiger charge is -2.12. The second-order valence-electron chi connectivity index (χ2n) is 7.31. The number of carbonyl (C=O) groups is 1. The molecular formula is C22H21F2N3O2. The number of hydrogen-bond acceptors (Lipinski definition) is 3. The molecule has 1 aromatic heterocycles. The van der Waals surface area contributed by atoms with Gasteiger partial charge < -0.3 is 10.1 Å². The number of halogens is 2. The lowest BCUT2D eigenvalue weighted by Crippen LogP contribution is -2.36. The van der Waals surface area contributed by atoms with Gasteiger partial charge in [-0.05, 0) is 54.8 Å². The van der Waals surface area contributed by atoms with Crippen LogP contribution in [0, 0.1) is 25.5 Å². The highest BCUT2D eigenvalue weighted by Crippen LogP contribution is 2.36. The normalized spacial score (nSPS) is 15.1. The molecule has 1 unspecified atom stereocenters. The summed E-state index contributed by atoms with van der Waals surface area (Å²) >= 11 is 0. The van der Waals surface area contributed by atoms with E-state index in [0.717, 1.165) is 5.69 Å². The van der Waals surface area contributed by atoms with E-state index in [1.165, 1.54) is 12.1 Å². The molecule has 2 heterocycles. The Morgan fingerprint density at radius 3 is 2.69 bits per heavy atom. The number of ether oxygens (including phenoxy) is 1. The maximum atomic E-state index is 14.6. The molecule has 0 spiro atoms. The van der Waals surface area contributed by atoms with Crippen molar-refractivity contribution in [3.05, 3.63) is 71.1 Å². The van der Waals surface area contributed by atoms with Gasteiger partial charge in [-0.1, -0.05) is 12.1 Å². The molecule has 2 aromatic carbocycles. The van der Waals surface area contributed by atoms with Crippen LogP contribution in [0.3, 0.4) is 0 Å². The summed E-state index contributed by atoms with van der Waals surface area (Å²) < 4.78 is 35.7. The van der Waals surface area contributed by atoms with E-state index in [9.17, 15) is 13.6 Å². The molecule has 0 fully saturated rings. The highest BCUT2D eigenvalue weighted by molar-refractivity contribution is 5.75. The monoisotopic (exact) mass is 397 g/mol. The van der Waals surface area contributed by atoms with Gasteiger partial charge in [-0.25, -0.2) is 8.78 Å². The Labute approximate surface area is 167 Å². The van der Waals surface area contributed by atoms with Crippen molar-refractivity contribution in [1.82, 2.24) is 15.1 Å². The molecule has 0 saturated heterocycles. The second-order valence-corrected chi connectivity index (χ2v) is 7.31. The standard InChI is InChI=1S/C22H21F2N3O2/c1-13-3-4-15(9-19(13)23)16-7-17-8-18(29-22(17)20(24)10-16)11-25-21(28)12-27-6-5-14(2)26-27/h3-7,9-10,18H,8,11-12H2,1-2H3,(H,25,28). The van der Waals surface area contributed by atoms with Crippen molar-refractivity contribution in [2.45, 2.75) is 32.9 Å². The SMILES string of the molecule is Cc1ccn(CC(=O)NCC2Cc3cc(-c4ccc(C)c(F)c4)cc(F)c3O2)n1. The van der Waals surface area contributed by atoms with Gasteiger partial charge in [0.2, 0.25) is 5.91 Å². The van der Waals surface area contributed by atoms with Gasteiger partial charge in [-0.15, -0.1) is 0 Å². The van der Waals surface area contributed by atoms with E-state index in [1.54, 1.807) is 29.9 Å². The summed E-state index contributed by atoms with van der Waals surface area (Å²) in [5.41, 5.74) is 3.30. The first-order chi connectivity index (χ1) is 13.9. The van der Waals surface area contributed by atoms with Crippen molar-refractivity contribution in [1.29, 1.82) is 0 Å². The topological polar surface area (TPSA) is 56.2 Å². The number of rotatable bonds is 5. The largest absolute Gasteiger partial charge is 0.485 e. The molecule has 7 heteroatoms. The second kappa shape index (κ2) is 7.66. The average molecular weight is 397 g/mol. The molecule has 1 aliphatic rings. The average Bonchev–Trinajstić information content (AvgIpc) is 3.28. The van der Waals surface area contributed by atoms with Crippen LogP contribution < -0.4 is 10.1 Å². The Morgan fingerprint density at radius 1 is 1.17 bits per heavy atom.